The van der Waals surface area contributed by atoms with Gasteiger partial charge in [0, 0.05) is 62.3 Å². The van der Waals surface area contributed by atoms with Crippen LogP contribution in [-0.2, 0) is 11.2 Å². The van der Waals surface area contributed by atoms with Crippen molar-refractivity contribution in [1.82, 2.24) is 39.9 Å². The summed E-state index contributed by atoms with van der Waals surface area (Å²) in [5.74, 6) is 0.645. The highest BCUT2D eigenvalue weighted by molar-refractivity contribution is 5.92. The Bertz CT molecular complexity index is 1530. The van der Waals surface area contributed by atoms with Gasteiger partial charge in [0.1, 0.15) is 23.4 Å². The van der Waals surface area contributed by atoms with E-state index in [2.05, 4.69) is 48.0 Å². The van der Waals surface area contributed by atoms with Gasteiger partial charge in [-0.1, -0.05) is 6.08 Å². The Kier molecular flexibility index (Phi) is 6.75. The molecule has 1 aliphatic rings. The number of nitrogens with one attached hydrogen (secondary N) is 4. The van der Waals surface area contributed by atoms with Crippen molar-refractivity contribution in [2.75, 3.05) is 25.0 Å². The first-order valence-electron chi connectivity index (χ1n) is 12.7. The minimum Gasteiger partial charge on any atom is -0.356 e. The van der Waals surface area contributed by atoms with Crippen molar-refractivity contribution in [3.8, 4) is 0 Å². The second-order valence-electron chi connectivity index (χ2n) is 10.5. The van der Waals surface area contributed by atoms with E-state index in [1.54, 1.807) is 0 Å². The molecule has 0 saturated carbocycles. The molecule has 11 heteroatoms. The van der Waals surface area contributed by atoms with Gasteiger partial charge in [-0.25, -0.2) is 19.7 Å². The predicted molar refractivity (Wildman–Crippen MR) is 147 cm³/mol. The Morgan fingerprint density at radius 2 is 2.00 bits per heavy atom. The Hall–Kier alpha value is -4.41. The first kappa shape index (κ1) is 25.2. The maximum absolute atomic E-state index is 12.5. The SMILES string of the molecule is CC(=O)NCCc1cnc2ccc(Nc3ncnc4[nH]c(C5=CCN(C(=O)NC(C)(C)C)CC5)cc34)cn12. The highest BCUT2D eigenvalue weighted by Crippen LogP contribution is 2.29. The van der Waals surface area contributed by atoms with Crippen molar-refractivity contribution in [3.63, 3.8) is 0 Å². The van der Waals surface area contributed by atoms with Gasteiger partial charge >= 0.3 is 6.03 Å². The second-order valence-corrected chi connectivity index (χ2v) is 10.5. The van der Waals surface area contributed by atoms with Crippen LogP contribution in [0.5, 0.6) is 0 Å². The monoisotopic (exact) mass is 515 g/mol. The number of nitrogens with zero attached hydrogens (tertiary/aromatic N) is 5. The van der Waals surface area contributed by atoms with Crippen molar-refractivity contribution < 1.29 is 9.59 Å². The zero-order valence-corrected chi connectivity index (χ0v) is 22.1. The molecule has 0 unspecified atom stereocenters. The lowest BCUT2D eigenvalue weighted by molar-refractivity contribution is -0.118. The number of rotatable bonds is 6. The lowest BCUT2D eigenvalue weighted by atomic mass is 10.0. The van der Waals surface area contributed by atoms with E-state index in [1.165, 1.54) is 13.3 Å². The Morgan fingerprint density at radius 3 is 2.74 bits per heavy atom. The molecule has 0 saturated heterocycles. The highest BCUT2D eigenvalue weighted by Gasteiger charge is 2.22. The van der Waals surface area contributed by atoms with Crippen molar-refractivity contribution in [3.05, 3.63) is 54.4 Å². The number of H-pyrrole nitrogens is 1. The molecule has 0 aliphatic carbocycles. The third-order valence-corrected chi connectivity index (χ3v) is 6.35. The summed E-state index contributed by atoms with van der Waals surface area (Å²) in [5.41, 5.74) is 5.30. The van der Waals surface area contributed by atoms with E-state index < -0.39 is 0 Å². The number of carbonyl (C=O) groups is 2. The van der Waals surface area contributed by atoms with Crippen LogP contribution in [0.15, 0.2) is 43.0 Å². The summed E-state index contributed by atoms with van der Waals surface area (Å²) in [5, 5.41) is 10.2. The molecular weight excluding hydrogens is 482 g/mol. The number of aromatic nitrogens is 5. The van der Waals surface area contributed by atoms with Crippen LogP contribution >= 0.6 is 0 Å². The fraction of sp³-hybridized carbons (Fsp3) is 0.370. The summed E-state index contributed by atoms with van der Waals surface area (Å²) in [7, 11) is 0. The van der Waals surface area contributed by atoms with E-state index in [9.17, 15) is 9.59 Å². The van der Waals surface area contributed by atoms with Crippen LogP contribution < -0.4 is 16.0 Å². The Labute approximate surface area is 220 Å². The summed E-state index contributed by atoms with van der Waals surface area (Å²) >= 11 is 0. The van der Waals surface area contributed by atoms with Crippen LogP contribution in [0.3, 0.4) is 0 Å². The first-order chi connectivity index (χ1) is 18.2. The first-order valence-corrected chi connectivity index (χ1v) is 12.7. The van der Waals surface area contributed by atoms with Crippen LogP contribution in [0.25, 0.3) is 22.3 Å². The van der Waals surface area contributed by atoms with Crippen molar-refractivity contribution >= 4 is 45.7 Å². The normalized spacial score (nSPS) is 14.0. The fourth-order valence-electron chi connectivity index (χ4n) is 4.50. The van der Waals surface area contributed by atoms with Gasteiger partial charge in [0.05, 0.1) is 11.1 Å². The summed E-state index contributed by atoms with van der Waals surface area (Å²) in [6, 6.07) is 5.92. The van der Waals surface area contributed by atoms with Crippen molar-refractivity contribution in [1.29, 1.82) is 0 Å². The summed E-state index contributed by atoms with van der Waals surface area (Å²) < 4.78 is 2.01. The van der Waals surface area contributed by atoms with E-state index in [-0.39, 0.29) is 17.5 Å². The lowest BCUT2D eigenvalue weighted by Gasteiger charge is -2.30. The molecule has 0 radical (unpaired) electrons. The maximum Gasteiger partial charge on any atom is 0.318 e. The largest absolute Gasteiger partial charge is 0.356 e. The Balaban J connectivity index is 1.34. The zero-order valence-electron chi connectivity index (χ0n) is 22.1. The predicted octanol–water partition coefficient (Wildman–Crippen LogP) is 3.63. The topological polar surface area (TPSA) is 132 Å². The van der Waals surface area contributed by atoms with Crippen molar-refractivity contribution in [2.24, 2.45) is 0 Å². The van der Waals surface area contributed by atoms with E-state index >= 15 is 0 Å². The molecule has 11 nitrogen and oxygen atoms in total. The van der Waals surface area contributed by atoms with Gasteiger partial charge in [0.15, 0.2) is 0 Å². The van der Waals surface area contributed by atoms with Gasteiger partial charge in [0.25, 0.3) is 0 Å². The molecule has 38 heavy (non-hydrogen) atoms. The smallest absolute Gasteiger partial charge is 0.318 e. The average Bonchev–Trinajstić information content (AvgIpc) is 3.48. The molecule has 5 heterocycles. The van der Waals surface area contributed by atoms with Gasteiger partial charge in [0.2, 0.25) is 5.91 Å². The molecule has 4 aromatic heterocycles. The lowest BCUT2D eigenvalue weighted by Crippen LogP contribution is -2.49. The molecule has 0 fully saturated rings. The second kappa shape index (κ2) is 10.2. The van der Waals surface area contributed by atoms with E-state index in [0.717, 1.165) is 45.7 Å². The van der Waals surface area contributed by atoms with E-state index in [4.69, 9.17) is 0 Å². The number of amides is 3. The van der Waals surface area contributed by atoms with Crippen LogP contribution in [0, 0.1) is 0 Å². The molecular formula is C27H33N9O2. The highest BCUT2D eigenvalue weighted by atomic mass is 16.2. The van der Waals surface area contributed by atoms with Crippen LogP contribution in [-0.4, -0.2) is 66.3 Å². The van der Waals surface area contributed by atoms with Gasteiger partial charge in [-0.05, 0) is 51.0 Å². The number of fused-ring (bicyclic) bond motifs is 2. The van der Waals surface area contributed by atoms with Crippen molar-refractivity contribution in [2.45, 2.75) is 46.1 Å². The molecule has 0 bridgehead atoms. The molecule has 3 amide bonds. The number of hydrogen-bond donors (Lipinski definition) is 4. The quantitative estimate of drug-likeness (QED) is 0.310. The number of anilines is 2. The number of urea groups is 1. The number of imidazole rings is 1. The van der Waals surface area contributed by atoms with Crippen LogP contribution in [0.2, 0.25) is 0 Å². The summed E-state index contributed by atoms with van der Waals surface area (Å²) in [4.78, 5) is 42.3. The van der Waals surface area contributed by atoms with Crippen LogP contribution in [0.4, 0.5) is 16.3 Å². The summed E-state index contributed by atoms with van der Waals surface area (Å²) in [6.07, 6.45) is 8.86. The number of pyridine rings is 1. The molecule has 198 valence electrons. The third kappa shape index (κ3) is 5.61. The van der Waals surface area contributed by atoms with Gasteiger partial charge in [-0.3, -0.25) is 4.79 Å². The molecule has 5 rings (SSSR count). The van der Waals surface area contributed by atoms with E-state index in [0.29, 0.717) is 31.9 Å². The number of aromatic amines is 1. The number of hydrogen-bond acceptors (Lipinski definition) is 6. The minimum atomic E-state index is -0.267. The van der Waals surface area contributed by atoms with Gasteiger partial charge in [-0.2, -0.15) is 0 Å². The minimum absolute atomic E-state index is 0.0464. The van der Waals surface area contributed by atoms with Gasteiger partial charge < -0.3 is 30.2 Å². The standard InChI is InChI=1S/C27H33N9O2/c1-17(37)28-10-7-20-14-29-23-6-5-19(15-36(20)23)32-24-21-13-22(33-25(21)31-16-30-24)18-8-11-35(12-9-18)26(38)34-27(2,3)4/h5-6,8,13-16H,7,9-12H2,1-4H3,(H,28,37)(H,34,38)(H2,30,31,32,33). The molecule has 4 aromatic rings. The van der Waals surface area contributed by atoms with Gasteiger partial charge in [-0.15, -0.1) is 0 Å². The number of carbonyl (C=O) groups excluding carboxylic acids is 2. The molecule has 4 N–H and O–H groups in total. The average molecular weight is 516 g/mol. The molecule has 0 spiro atoms. The van der Waals surface area contributed by atoms with E-state index in [1.807, 2.05) is 54.6 Å². The summed E-state index contributed by atoms with van der Waals surface area (Å²) in [6.45, 7) is 9.20. The maximum atomic E-state index is 12.5. The Morgan fingerprint density at radius 1 is 1.16 bits per heavy atom. The molecule has 0 aromatic carbocycles. The third-order valence-electron chi connectivity index (χ3n) is 6.35. The zero-order chi connectivity index (χ0) is 26.9. The molecule has 0 atom stereocenters. The fourth-order valence-corrected chi connectivity index (χ4v) is 4.50. The van der Waals surface area contributed by atoms with Crippen LogP contribution in [0.1, 0.15) is 45.5 Å². The molecule has 1 aliphatic heterocycles.